The molecule has 29 heavy (non-hydrogen) atoms. The number of aryl methyl sites for hydroxylation is 1. The second-order valence-corrected chi connectivity index (χ2v) is 7.57. The molecular formula is C17H18N4O7S. The Hall–Kier alpha value is -3.54. The lowest BCUT2D eigenvalue weighted by atomic mass is 10.2. The normalized spacial score (nSPS) is 11.3. The fourth-order valence-corrected chi connectivity index (χ4v) is 3.18. The zero-order valence-corrected chi connectivity index (χ0v) is 16.8. The lowest BCUT2D eigenvalue weighted by molar-refractivity contribution is -0.385. The monoisotopic (exact) mass is 422 g/mol. The molecule has 0 N–H and O–H groups in total. The quantitative estimate of drug-likeness (QED) is 0.216. The summed E-state index contributed by atoms with van der Waals surface area (Å²) in [7, 11) is -0.313. The Bertz CT molecular complexity index is 1060. The third kappa shape index (κ3) is 5.25. The number of nitro groups is 1. The predicted octanol–water partition coefficient (Wildman–Crippen LogP) is 2.16. The van der Waals surface area contributed by atoms with Crippen molar-refractivity contribution in [2.24, 2.45) is 4.40 Å². The van der Waals surface area contributed by atoms with E-state index in [-0.39, 0.29) is 11.3 Å². The second kappa shape index (κ2) is 8.65. The molecule has 0 atom stereocenters. The van der Waals surface area contributed by atoms with Crippen LogP contribution in [-0.2, 0) is 14.8 Å². The number of aromatic nitrogens is 1. The lowest BCUT2D eigenvalue weighted by Crippen LogP contribution is -2.12. The topological polar surface area (TPSA) is 141 Å². The molecule has 0 fully saturated rings. The third-order valence-corrected chi connectivity index (χ3v) is 4.68. The number of carbonyl (C=O) groups is 1. The number of sulfonamides is 1. The molecular weight excluding hydrogens is 404 g/mol. The lowest BCUT2D eigenvalue weighted by Gasteiger charge is -2.12. The molecule has 11 nitrogen and oxygen atoms in total. The van der Waals surface area contributed by atoms with Crippen LogP contribution in [0.1, 0.15) is 16.1 Å². The molecule has 0 aliphatic carbocycles. The Balaban J connectivity index is 2.78. The molecule has 12 heteroatoms. The van der Waals surface area contributed by atoms with Crippen LogP contribution in [0.25, 0.3) is 0 Å². The summed E-state index contributed by atoms with van der Waals surface area (Å²) in [6, 6.07) is 4.84. The fourth-order valence-electron chi connectivity index (χ4n) is 2.10. The molecule has 0 unspecified atom stereocenters. The molecule has 2 aromatic rings. The van der Waals surface area contributed by atoms with Crippen LogP contribution >= 0.6 is 0 Å². The number of pyridine rings is 1. The van der Waals surface area contributed by atoms with Gasteiger partial charge in [0, 0.05) is 25.9 Å². The van der Waals surface area contributed by atoms with Gasteiger partial charge in [0.15, 0.2) is 0 Å². The molecule has 0 aliphatic heterocycles. The molecule has 1 heterocycles. The van der Waals surface area contributed by atoms with Gasteiger partial charge in [0.25, 0.3) is 10.0 Å². The molecule has 154 valence electrons. The molecule has 1 aromatic carbocycles. The van der Waals surface area contributed by atoms with Gasteiger partial charge in [0.1, 0.15) is 17.0 Å². The zero-order valence-electron chi connectivity index (χ0n) is 16.0. The number of nitro benzene ring substituents is 1. The molecule has 0 saturated heterocycles. The zero-order chi connectivity index (χ0) is 21.8. The average molecular weight is 422 g/mol. The number of methoxy groups -OCH3 is 1. The van der Waals surface area contributed by atoms with Gasteiger partial charge >= 0.3 is 11.7 Å². The van der Waals surface area contributed by atoms with Gasteiger partial charge in [-0.05, 0) is 25.1 Å². The smallest absolute Gasteiger partial charge is 0.338 e. The van der Waals surface area contributed by atoms with Crippen molar-refractivity contribution in [1.82, 2.24) is 9.88 Å². The molecule has 0 spiro atoms. The molecule has 0 aliphatic rings. The summed E-state index contributed by atoms with van der Waals surface area (Å²) in [5, 5.41) is 11.6. The van der Waals surface area contributed by atoms with Gasteiger partial charge in [-0.25, -0.2) is 4.79 Å². The molecule has 1 aromatic heterocycles. The van der Waals surface area contributed by atoms with E-state index in [1.54, 1.807) is 27.1 Å². The maximum Gasteiger partial charge on any atom is 0.338 e. The van der Waals surface area contributed by atoms with Crippen molar-refractivity contribution < 1.29 is 27.6 Å². The van der Waals surface area contributed by atoms with E-state index in [1.165, 1.54) is 17.2 Å². The van der Waals surface area contributed by atoms with Crippen LogP contribution in [0.2, 0.25) is 0 Å². The highest BCUT2D eigenvalue weighted by Crippen LogP contribution is 2.39. The van der Waals surface area contributed by atoms with Crippen LogP contribution in [0, 0.1) is 17.0 Å². The number of rotatable bonds is 7. The van der Waals surface area contributed by atoms with Crippen LogP contribution in [0.15, 0.2) is 39.8 Å². The van der Waals surface area contributed by atoms with Crippen LogP contribution in [0.4, 0.5) is 5.69 Å². The van der Waals surface area contributed by atoms with Gasteiger partial charge in [-0.15, -0.1) is 4.40 Å². The Morgan fingerprint density at radius 2 is 2.00 bits per heavy atom. The Labute approximate surface area is 166 Å². The van der Waals surface area contributed by atoms with E-state index >= 15 is 0 Å². The highest BCUT2D eigenvalue weighted by molar-refractivity contribution is 7.90. The van der Waals surface area contributed by atoms with Gasteiger partial charge in [-0.3, -0.25) is 15.1 Å². The van der Waals surface area contributed by atoms with Gasteiger partial charge in [-0.2, -0.15) is 8.42 Å². The fraction of sp³-hybridized carbons (Fsp3) is 0.235. The van der Waals surface area contributed by atoms with Crippen molar-refractivity contribution in [3.8, 4) is 11.5 Å². The summed E-state index contributed by atoms with van der Waals surface area (Å²) >= 11 is 0. The van der Waals surface area contributed by atoms with E-state index in [9.17, 15) is 23.3 Å². The first-order valence-electron chi connectivity index (χ1n) is 8.03. The van der Waals surface area contributed by atoms with Gasteiger partial charge in [-0.1, -0.05) is 0 Å². The number of ether oxygens (including phenoxy) is 2. The number of nitrogens with zero attached hydrogens (tertiary/aromatic N) is 4. The van der Waals surface area contributed by atoms with Crippen LogP contribution in [0.3, 0.4) is 0 Å². The molecule has 2 rings (SSSR count). The van der Waals surface area contributed by atoms with E-state index < -0.39 is 37.2 Å². The SMILES string of the molecule is COC(=O)c1cc([N+](=O)[O-])c(Oc2ccc(C)nc2)c(S(=O)(=O)/N=C/N(C)C)c1. The maximum absolute atomic E-state index is 12.7. The first-order chi connectivity index (χ1) is 13.5. The average Bonchev–Trinajstić information content (AvgIpc) is 2.67. The Morgan fingerprint density at radius 1 is 1.31 bits per heavy atom. The minimum atomic E-state index is -4.46. The van der Waals surface area contributed by atoms with Crippen molar-refractivity contribution >= 4 is 28.0 Å². The second-order valence-electron chi connectivity index (χ2n) is 5.97. The summed E-state index contributed by atoms with van der Waals surface area (Å²) in [6.07, 6.45) is 2.29. The standard InChI is InChI=1S/C17H18N4O7S/c1-11-5-6-13(9-18-11)28-16-14(21(23)24)7-12(17(22)27-4)8-15(16)29(25,26)19-10-20(2)3/h5-10H,1-4H3/b19-10+. The minimum absolute atomic E-state index is 0.0672. The van der Waals surface area contributed by atoms with Crippen molar-refractivity contribution in [1.29, 1.82) is 0 Å². The molecule has 0 radical (unpaired) electrons. The summed E-state index contributed by atoms with van der Waals surface area (Å²) in [5.41, 5.74) is -0.421. The van der Waals surface area contributed by atoms with Gasteiger partial charge < -0.3 is 14.4 Å². The Kier molecular flexibility index (Phi) is 6.49. The first kappa shape index (κ1) is 21.8. The highest BCUT2D eigenvalue weighted by atomic mass is 32.2. The summed E-state index contributed by atoms with van der Waals surface area (Å²) in [4.78, 5) is 27.3. The number of carbonyl (C=O) groups excluding carboxylic acids is 1. The number of hydrogen-bond acceptors (Lipinski definition) is 8. The predicted molar refractivity (Wildman–Crippen MR) is 103 cm³/mol. The van der Waals surface area contributed by atoms with Crippen molar-refractivity contribution in [3.63, 3.8) is 0 Å². The van der Waals surface area contributed by atoms with Crippen LogP contribution in [-0.4, -0.2) is 56.7 Å². The number of esters is 1. The highest BCUT2D eigenvalue weighted by Gasteiger charge is 2.31. The minimum Gasteiger partial charge on any atom is -0.465 e. The number of benzene rings is 1. The third-order valence-electron chi connectivity index (χ3n) is 3.45. The van der Waals surface area contributed by atoms with E-state index in [0.717, 1.165) is 25.6 Å². The van der Waals surface area contributed by atoms with E-state index in [1.807, 2.05) is 0 Å². The Morgan fingerprint density at radius 3 is 2.52 bits per heavy atom. The van der Waals surface area contributed by atoms with E-state index in [0.29, 0.717) is 5.69 Å². The van der Waals surface area contributed by atoms with Crippen molar-refractivity contribution in [2.45, 2.75) is 11.8 Å². The first-order valence-corrected chi connectivity index (χ1v) is 9.47. The summed E-state index contributed by atoms with van der Waals surface area (Å²) in [6.45, 7) is 1.73. The van der Waals surface area contributed by atoms with Crippen LogP contribution in [0.5, 0.6) is 11.5 Å². The van der Waals surface area contributed by atoms with Crippen molar-refractivity contribution in [2.75, 3.05) is 21.2 Å². The van der Waals surface area contributed by atoms with E-state index in [2.05, 4.69) is 14.1 Å². The maximum atomic E-state index is 12.7. The van der Waals surface area contributed by atoms with Crippen molar-refractivity contribution in [3.05, 3.63) is 51.8 Å². The van der Waals surface area contributed by atoms with Gasteiger partial charge in [0.05, 0.1) is 23.8 Å². The largest absolute Gasteiger partial charge is 0.465 e. The van der Waals surface area contributed by atoms with E-state index in [4.69, 9.17) is 4.74 Å². The van der Waals surface area contributed by atoms with Crippen LogP contribution < -0.4 is 4.74 Å². The number of hydrogen-bond donors (Lipinski definition) is 0. The molecule has 0 amide bonds. The molecule has 0 bridgehead atoms. The molecule has 0 saturated carbocycles. The van der Waals surface area contributed by atoms with Gasteiger partial charge in [0.2, 0.25) is 5.75 Å². The summed E-state index contributed by atoms with van der Waals surface area (Å²) < 4.78 is 39.0. The summed E-state index contributed by atoms with van der Waals surface area (Å²) in [5.74, 6) is -1.48.